The van der Waals surface area contributed by atoms with Crippen LogP contribution in [0.3, 0.4) is 0 Å². The Kier molecular flexibility index (Phi) is 8.62. The largest absolute Gasteiger partial charge is 0.409 e. The van der Waals surface area contributed by atoms with Gasteiger partial charge >= 0.3 is 0 Å². The Morgan fingerprint density at radius 2 is 1.33 bits per heavy atom. The number of nitriles is 1. The van der Waals surface area contributed by atoms with E-state index in [1.54, 1.807) is 0 Å². The van der Waals surface area contributed by atoms with Crippen molar-refractivity contribution >= 4 is 25.9 Å². The van der Waals surface area contributed by atoms with Crippen molar-refractivity contribution < 1.29 is 30.8 Å². The molecule has 2 aromatic rings. The fraction of sp³-hybridized carbons (Fsp3) is 0.364. The normalized spacial score (nSPS) is 21.5. The molecule has 0 aromatic heterocycles. The lowest BCUT2D eigenvalue weighted by Crippen LogP contribution is -2.43. The molecule has 2 aliphatic rings. The average molecular weight is 542 g/mol. The molecule has 2 aromatic carbocycles. The zero-order chi connectivity index (χ0) is 26.5. The lowest BCUT2D eigenvalue weighted by molar-refractivity contribution is 0.311. The highest BCUT2D eigenvalue weighted by Gasteiger charge is 2.38. The van der Waals surface area contributed by atoms with Gasteiger partial charge in [-0.15, -0.1) is 0 Å². The van der Waals surface area contributed by atoms with Crippen LogP contribution in [0, 0.1) is 23.0 Å². The van der Waals surface area contributed by atoms with Crippen LogP contribution in [0.15, 0.2) is 63.5 Å². The molecule has 0 radical (unpaired) electrons. The summed E-state index contributed by atoms with van der Waals surface area (Å²) < 4.78 is 77.0. The second kappa shape index (κ2) is 11.3. The fourth-order valence-electron chi connectivity index (χ4n) is 4.03. The van der Waals surface area contributed by atoms with E-state index in [1.807, 2.05) is 6.07 Å². The Balaban J connectivity index is 0.000000202. The van der Waals surface area contributed by atoms with E-state index in [9.17, 15) is 25.6 Å². The molecule has 0 unspecified atom stereocenters. The second-order valence-corrected chi connectivity index (χ2v) is 11.9. The molecule has 3 N–H and O–H groups in total. The van der Waals surface area contributed by atoms with Gasteiger partial charge in [0.15, 0.2) is 5.84 Å². The van der Waals surface area contributed by atoms with Crippen LogP contribution in [0.5, 0.6) is 0 Å². The number of benzene rings is 2. The van der Waals surface area contributed by atoms with E-state index < -0.39 is 43.8 Å². The van der Waals surface area contributed by atoms with Gasteiger partial charge in [0.1, 0.15) is 17.7 Å². The molecule has 10 nitrogen and oxygen atoms in total. The second-order valence-electron chi connectivity index (χ2n) is 8.11. The van der Waals surface area contributed by atoms with Gasteiger partial charge in [-0.2, -0.15) is 13.9 Å². The minimum Gasteiger partial charge on any atom is -0.409 e. The van der Waals surface area contributed by atoms with Crippen molar-refractivity contribution in [1.82, 2.24) is 8.61 Å². The lowest BCUT2D eigenvalue weighted by Gasteiger charge is -2.22. The lowest BCUT2D eigenvalue weighted by atomic mass is 10.2. The van der Waals surface area contributed by atoms with Crippen molar-refractivity contribution in [2.24, 2.45) is 10.9 Å². The number of sulfonamides is 2. The van der Waals surface area contributed by atoms with Crippen molar-refractivity contribution in [3.8, 4) is 6.07 Å². The van der Waals surface area contributed by atoms with E-state index in [0.717, 1.165) is 24.3 Å². The van der Waals surface area contributed by atoms with Crippen molar-refractivity contribution in [3.63, 3.8) is 0 Å². The van der Waals surface area contributed by atoms with Gasteiger partial charge in [-0.05, 0) is 74.2 Å². The summed E-state index contributed by atoms with van der Waals surface area (Å²) in [4.78, 5) is 0.0209. The molecule has 2 heterocycles. The summed E-state index contributed by atoms with van der Waals surface area (Å²) in [6.45, 7) is 0.637. The number of rotatable bonds is 5. The fourth-order valence-corrected chi connectivity index (χ4v) is 7.31. The van der Waals surface area contributed by atoms with Crippen LogP contribution in [0.1, 0.15) is 25.7 Å². The van der Waals surface area contributed by atoms with Gasteiger partial charge in [-0.3, -0.25) is 0 Å². The number of nitrogens with two attached hydrogens (primary N) is 1. The zero-order valence-corrected chi connectivity index (χ0v) is 20.7. The molecule has 0 bridgehead atoms. The third-order valence-electron chi connectivity index (χ3n) is 5.85. The first-order valence-electron chi connectivity index (χ1n) is 10.9. The third kappa shape index (κ3) is 5.81. The highest BCUT2D eigenvalue weighted by molar-refractivity contribution is 7.89. The zero-order valence-electron chi connectivity index (χ0n) is 19.0. The quantitative estimate of drug-likeness (QED) is 0.254. The van der Waals surface area contributed by atoms with Crippen LogP contribution in [0.2, 0.25) is 0 Å². The Morgan fingerprint density at radius 3 is 1.81 bits per heavy atom. The van der Waals surface area contributed by atoms with Crippen molar-refractivity contribution in [2.75, 3.05) is 13.1 Å². The molecule has 4 rings (SSSR count). The molecular weight excluding hydrogens is 516 g/mol. The molecule has 0 aliphatic carbocycles. The maximum atomic E-state index is 12.8. The molecule has 0 saturated carbocycles. The summed E-state index contributed by atoms with van der Waals surface area (Å²) in [6.07, 6.45) is 2.35. The van der Waals surface area contributed by atoms with Crippen LogP contribution >= 0.6 is 0 Å². The Labute approximate surface area is 208 Å². The first-order valence-corrected chi connectivity index (χ1v) is 13.8. The summed E-state index contributed by atoms with van der Waals surface area (Å²) in [5, 5.41) is 20.4. The average Bonchev–Trinajstić information content (AvgIpc) is 3.55. The molecule has 0 amide bonds. The summed E-state index contributed by atoms with van der Waals surface area (Å²) in [5.74, 6) is -1.13. The molecule has 2 saturated heterocycles. The Morgan fingerprint density at radius 1 is 0.889 bits per heavy atom. The summed E-state index contributed by atoms with van der Waals surface area (Å²) >= 11 is 0. The van der Waals surface area contributed by atoms with Crippen molar-refractivity contribution in [3.05, 3.63) is 60.2 Å². The molecular formula is C22H25F2N5O5S2. The number of oxime groups is 1. The van der Waals surface area contributed by atoms with Gasteiger partial charge in [0.25, 0.3) is 0 Å². The van der Waals surface area contributed by atoms with Crippen LogP contribution in [0.4, 0.5) is 8.78 Å². The molecule has 0 spiro atoms. The van der Waals surface area contributed by atoms with Gasteiger partial charge in [-0.1, -0.05) is 5.16 Å². The van der Waals surface area contributed by atoms with E-state index in [2.05, 4.69) is 5.16 Å². The standard InChI is InChI=1S/C11H14FN3O3S.C11H11FN2O2S/c12-8-3-5-9(6-4-8)19(17,18)15-7-1-2-10(15)11(13)14-16;12-9-3-5-11(6-4-9)17(15,16)14-7-1-2-10(14)8-13/h3-6,10,16H,1-2,7H2,(H2,13,14);3-6,10H,1-2,7H2/t2*10-/m00/s1. The number of hydrogen-bond acceptors (Lipinski definition) is 7. The van der Waals surface area contributed by atoms with Gasteiger partial charge in [-0.25, -0.2) is 25.6 Å². The topological polar surface area (TPSA) is 157 Å². The van der Waals surface area contributed by atoms with Gasteiger partial charge in [0, 0.05) is 13.1 Å². The Bertz CT molecular complexity index is 1340. The SMILES string of the molecule is N#C[C@@H]1CCCN1S(=O)(=O)c1ccc(F)cc1.N/C(=N\O)[C@@H]1CCCN1S(=O)(=O)c1ccc(F)cc1. The van der Waals surface area contributed by atoms with Gasteiger partial charge in [0.2, 0.25) is 20.0 Å². The molecule has 2 atom stereocenters. The molecule has 2 aliphatic heterocycles. The first kappa shape index (κ1) is 27.5. The van der Waals surface area contributed by atoms with E-state index in [1.165, 1.54) is 32.9 Å². The molecule has 2 fully saturated rings. The highest BCUT2D eigenvalue weighted by Crippen LogP contribution is 2.27. The summed E-state index contributed by atoms with van der Waals surface area (Å²) in [5.41, 5.74) is 5.50. The summed E-state index contributed by atoms with van der Waals surface area (Å²) in [7, 11) is -7.44. The Hall–Kier alpha value is -3.12. The van der Waals surface area contributed by atoms with Crippen LogP contribution < -0.4 is 5.73 Å². The predicted molar refractivity (Wildman–Crippen MR) is 126 cm³/mol. The van der Waals surface area contributed by atoms with E-state index in [-0.39, 0.29) is 15.6 Å². The minimum absolute atomic E-state index is 0.00783. The van der Waals surface area contributed by atoms with Gasteiger partial charge in [0.05, 0.1) is 21.9 Å². The number of amidine groups is 1. The first-order chi connectivity index (χ1) is 17.0. The van der Waals surface area contributed by atoms with Crippen molar-refractivity contribution in [1.29, 1.82) is 5.26 Å². The number of hydrogen-bond donors (Lipinski definition) is 2. The third-order valence-corrected chi connectivity index (χ3v) is 9.70. The minimum atomic E-state index is -3.77. The maximum Gasteiger partial charge on any atom is 0.244 e. The molecule has 14 heteroatoms. The maximum absolute atomic E-state index is 12.8. The van der Waals surface area contributed by atoms with Crippen molar-refractivity contribution in [2.45, 2.75) is 47.6 Å². The summed E-state index contributed by atoms with van der Waals surface area (Å²) in [6, 6.07) is 9.93. The smallest absolute Gasteiger partial charge is 0.244 e. The highest BCUT2D eigenvalue weighted by atomic mass is 32.2. The molecule has 194 valence electrons. The monoisotopic (exact) mass is 541 g/mol. The molecule has 36 heavy (non-hydrogen) atoms. The van der Waals surface area contributed by atoms with Crippen LogP contribution in [-0.2, 0) is 20.0 Å². The number of nitrogens with zero attached hydrogens (tertiary/aromatic N) is 4. The van der Waals surface area contributed by atoms with Crippen LogP contribution in [-0.4, -0.2) is 61.7 Å². The predicted octanol–water partition coefficient (Wildman–Crippen LogP) is 2.23. The number of halogens is 2. The van der Waals surface area contributed by atoms with E-state index >= 15 is 0 Å². The van der Waals surface area contributed by atoms with E-state index in [4.69, 9.17) is 16.2 Å². The van der Waals surface area contributed by atoms with E-state index in [0.29, 0.717) is 38.8 Å². The van der Waals surface area contributed by atoms with Crippen LogP contribution in [0.25, 0.3) is 0 Å². The van der Waals surface area contributed by atoms with Gasteiger partial charge < -0.3 is 10.9 Å².